The highest BCUT2D eigenvalue weighted by Gasteiger charge is 2.43. The Balaban J connectivity index is 1.09. The van der Waals surface area contributed by atoms with Crippen molar-refractivity contribution in [2.75, 3.05) is 44.0 Å². The number of methoxy groups -OCH3 is 1. The van der Waals surface area contributed by atoms with Gasteiger partial charge in [-0.15, -0.1) is 11.3 Å². The summed E-state index contributed by atoms with van der Waals surface area (Å²) < 4.78 is 22.0. The molecule has 2 atom stereocenters. The molecule has 4 aromatic heterocycles. The van der Waals surface area contributed by atoms with E-state index < -0.39 is 11.3 Å². The van der Waals surface area contributed by atoms with Gasteiger partial charge < -0.3 is 34.1 Å². The summed E-state index contributed by atoms with van der Waals surface area (Å²) in [6.45, 7) is 10.8. The van der Waals surface area contributed by atoms with E-state index in [0.717, 1.165) is 73.7 Å². The molecule has 0 spiro atoms. The molecule has 6 rings (SSSR count). The van der Waals surface area contributed by atoms with Crippen LogP contribution in [-0.4, -0.2) is 69.5 Å². The van der Waals surface area contributed by atoms with E-state index in [1.54, 1.807) is 12.3 Å². The number of carbonyl (C=O) groups is 1. The molecule has 0 amide bonds. The minimum Gasteiger partial charge on any atom is -0.475 e. The maximum absolute atomic E-state index is 12.2. The number of nitrogen functional groups attached to an aromatic ring is 1. The van der Waals surface area contributed by atoms with Gasteiger partial charge >= 0.3 is 5.97 Å². The number of thiophene rings is 1. The monoisotopic (exact) mass is 687 g/mol. The van der Waals surface area contributed by atoms with Crippen molar-refractivity contribution in [1.29, 1.82) is 5.26 Å². The van der Waals surface area contributed by atoms with Gasteiger partial charge in [-0.3, -0.25) is 4.79 Å². The van der Waals surface area contributed by atoms with Gasteiger partial charge in [0.1, 0.15) is 22.8 Å². The molecule has 0 fully saturated rings. The molecule has 2 N–H and O–H groups in total. The maximum Gasteiger partial charge on any atom is 0.316 e. The molecule has 2 aliphatic rings. The van der Waals surface area contributed by atoms with Gasteiger partial charge in [-0.2, -0.15) is 10.2 Å². The summed E-state index contributed by atoms with van der Waals surface area (Å²) in [5, 5.41) is 18.6. The molecule has 0 radical (unpaired) electrons. The summed E-state index contributed by atoms with van der Waals surface area (Å²) >= 11 is 1.47. The van der Waals surface area contributed by atoms with E-state index in [-0.39, 0.29) is 11.9 Å². The summed E-state index contributed by atoms with van der Waals surface area (Å²) in [4.78, 5) is 31.8. The summed E-state index contributed by atoms with van der Waals surface area (Å²) in [5.41, 5.74) is 8.03. The predicted octanol–water partition coefficient (Wildman–Crippen LogP) is 5.43. The molecule has 1 unspecified atom stereocenters. The van der Waals surface area contributed by atoms with Gasteiger partial charge in [-0.05, 0) is 63.1 Å². The molecular formula is C34H41N9O5S. The fourth-order valence-electron chi connectivity index (χ4n) is 6.71. The van der Waals surface area contributed by atoms with Crippen LogP contribution in [0.3, 0.4) is 0 Å². The van der Waals surface area contributed by atoms with Crippen molar-refractivity contribution in [2.45, 2.75) is 71.1 Å². The van der Waals surface area contributed by atoms with Crippen LogP contribution in [0.1, 0.15) is 87.0 Å². The molecular weight excluding hydrogens is 646 g/mol. The van der Waals surface area contributed by atoms with Crippen LogP contribution in [-0.2, 0) is 21.4 Å². The number of nitrogens with two attached hydrogens (primary N) is 1. The Labute approximate surface area is 288 Å². The molecule has 15 heteroatoms. The number of hydrogen-bond donors (Lipinski definition) is 1. The molecule has 0 aromatic carbocycles. The number of carbonyl (C=O) groups excluding carboxylic acids is 1. The van der Waals surface area contributed by atoms with Crippen LogP contribution in [0.5, 0.6) is 5.88 Å². The van der Waals surface area contributed by atoms with Crippen molar-refractivity contribution in [1.82, 2.24) is 30.2 Å². The first-order chi connectivity index (χ1) is 23.6. The zero-order valence-corrected chi connectivity index (χ0v) is 29.2. The minimum atomic E-state index is -0.618. The van der Waals surface area contributed by atoms with E-state index in [2.05, 4.69) is 44.3 Å². The van der Waals surface area contributed by atoms with Gasteiger partial charge in [-0.1, -0.05) is 19.0 Å². The normalized spacial score (nSPS) is 18.4. The molecule has 0 bridgehead atoms. The summed E-state index contributed by atoms with van der Waals surface area (Å²) in [7, 11) is 1.36. The van der Waals surface area contributed by atoms with Gasteiger partial charge in [0.2, 0.25) is 17.5 Å². The predicted molar refractivity (Wildman–Crippen MR) is 182 cm³/mol. The lowest BCUT2D eigenvalue weighted by Gasteiger charge is -2.30. The third-order valence-electron chi connectivity index (χ3n) is 9.16. The van der Waals surface area contributed by atoms with Crippen molar-refractivity contribution in [2.24, 2.45) is 5.92 Å². The van der Waals surface area contributed by atoms with Crippen LogP contribution in [0.2, 0.25) is 0 Å². The van der Waals surface area contributed by atoms with E-state index >= 15 is 0 Å². The zero-order valence-electron chi connectivity index (χ0n) is 28.4. The van der Waals surface area contributed by atoms with Crippen molar-refractivity contribution in [3.63, 3.8) is 0 Å². The van der Waals surface area contributed by atoms with Gasteiger partial charge in [0, 0.05) is 54.2 Å². The number of esters is 1. The van der Waals surface area contributed by atoms with Gasteiger partial charge in [0.15, 0.2) is 5.76 Å². The Hall–Kier alpha value is -4.97. The first kappa shape index (κ1) is 33.9. The molecule has 0 saturated carbocycles. The summed E-state index contributed by atoms with van der Waals surface area (Å²) in [5.74, 6) is 1.74. The van der Waals surface area contributed by atoms with E-state index in [1.165, 1.54) is 18.4 Å². The SMILES string of the molecule is COC(=O)C(c1cc(OCCCN2C=C(C)N(c3ccnc(-c4noc([C@@]5(C)CCCc6sc(N)c(C#N)c65)n4)n3)CCC2)no1)C(C)C. The number of ether oxygens (including phenoxy) is 2. The quantitative estimate of drug-likeness (QED) is 0.156. The standard InChI is InChI=1S/C34H41N9O5S/c1-20(2)27(32(44)45-5)23-17-26(40-47-23)46-16-8-14-42-13-7-15-43(21(3)19-42)25-10-12-37-30(38-25)31-39-33(48-41-31)34(4)11-6-9-24-28(34)22(18-35)29(36)49-24/h10,12,17,19-20,27H,6-9,11,13-16,36H2,1-5H3/t27?,34-/m0/s1. The Morgan fingerprint density at radius 1 is 1.20 bits per heavy atom. The van der Waals surface area contributed by atoms with Gasteiger partial charge in [0.25, 0.3) is 5.88 Å². The Morgan fingerprint density at radius 3 is 2.82 bits per heavy atom. The van der Waals surface area contributed by atoms with Gasteiger partial charge in [-0.25, -0.2) is 9.97 Å². The van der Waals surface area contributed by atoms with Crippen LogP contribution in [0.25, 0.3) is 11.6 Å². The van der Waals surface area contributed by atoms with Crippen molar-refractivity contribution >= 4 is 28.1 Å². The highest BCUT2D eigenvalue weighted by atomic mass is 32.1. The Kier molecular flexibility index (Phi) is 9.86. The second-order valence-electron chi connectivity index (χ2n) is 12.9. The van der Waals surface area contributed by atoms with Crippen LogP contribution >= 0.6 is 11.3 Å². The van der Waals surface area contributed by atoms with Crippen LogP contribution < -0.4 is 15.4 Å². The lowest BCUT2D eigenvalue weighted by atomic mass is 9.72. The number of anilines is 2. The van der Waals surface area contributed by atoms with Crippen molar-refractivity contribution in [3.8, 4) is 23.6 Å². The lowest BCUT2D eigenvalue weighted by molar-refractivity contribution is -0.144. The van der Waals surface area contributed by atoms with E-state index in [1.807, 2.05) is 26.8 Å². The fraction of sp³-hybridized carbons (Fsp3) is 0.500. The minimum absolute atomic E-state index is 0.00265. The number of hydrogen-bond acceptors (Lipinski definition) is 15. The van der Waals surface area contributed by atoms with Crippen molar-refractivity contribution in [3.05, 3.63) is 57.9 Å². The van der Waals surface area contributed by atoms with E-state index in [4.69, 9.17) is 34.2 Å². The molecule has 1 aliphatic carbocycles. The molecule has 0 saturated heterocycles. The van der Waals surface area contributed by atoms with Crippen LogP contribution in [0.4, 0.5) is 10.8 Å². The maximum atomic E-state index is 12.2. The second-order valence-corrected chi connectivity index (χ2v) is 14.1. The third-order valence-corrected chi connectivity index (χ3v) is 10.2. The number of nitrogens with zero attached hydrogens (tertiary/aromatic N) is 8. The summed E-state index contributed by atoms with van der Waals surface area (Å²) in [6.07, 6.45) is 8.11. The smallest absolute Gasteiger partial charge is 0.316 e. The number of fused-ring (bicyclic) bond motifs is 1. The Morgan fingerprint density at radius 2 is 2.04 bits per heavy atom. The fourth-order valence-corrected chi connectivity index (χ4v) is 7.90. The Bertz CT molecular complexity index is 1870. The molecule has 14 nitrogen and oxygen atoms in total. The van der Waals surface area contributed by atoms with E-state index in [9.17, 15) is 10.1 Å². The van der Waals surface area contributed by atoms with E-state index in [0.29, 0.717) is 46.4 Å². The second kappa shape index (κ2) is 14.3. The van der Waals surface area contributed by atoms with Gasteiger partial charge in [0.05, 0.1) is 24.7 Å². The number of aryl methyl sites for hydroxylation is 1. The first-order valence-corrected chi connectivity index (χ1v) is 17.3. The average Bonchev–Trinajstić information content (AvgIpc) is 3.81. The number of allylic oxidation sites excluding steroid dienone is 1. The molecule has 4 aromatic rings. The first-order valence-electron chi connectivity index (χ1n) is 16.5. The van der Waals surface area contributed by atoms with Crippen LogP contribution in [0.15, 0.2) is 39.3 Å². The highest BCUT2D eigenvalue weighted by Crippen LogP contribution is 2.48. The molecule has 258 valence electrons. The molecule has 49 heavy (non-hydrogen) atoms. The zero-order chi connectivity index (χ0) is 34.7. The summed E-state index contributed by atoms with van der Waals surface area (Å²) in [6, 6.07) is 5.83. The lowest BCUT2D eigenvalue weighted by Crippen LogP contribution is -2.29. The topological polar surface area (TPSA) is 183 Å². The number of rotatable bonds is 11. The number of aromatic nitrogens is 5. The van der Waals surface area contributed by atoms with Crippen molar-refractivity contribution < 1.29 is 23.3 Å². The third kappa shape index (κ3) is 6.82. The molecule has 1 aliphatic heterocycles. The average molecular weight is 688 g/mol. The number of nitriles is 1. The largest absolute Gasteiger partial charge is 0.475 e. The molecule has 5 heterocycles. The van der Waals surface area contributed by atoms with Crippen LogP contribution in [0, 0.1) is 17.2 Å². The highest BCUT2D eigenvalue weighted by molar-refractivity contribution is 7.16.